The third kappa shape index (κ3) is 3.28. The zero-order valence-corrected chi connectivity index (χ0v) is 14.4. The van der Waals surface area contributed by atoms with Gasteiger partial charge in [0.1, 0.15) is 17.5 Å². The summed E-state index contributed by atoms with van der Waals surface area (Å²) in [6.07, 6.45) is -1.50. The number of halogens is 3. The Labute approximate surface area is 155 Å². The Balaban J connectivity index is 1.48. The fourth-order valence-electron chi connectivity index (χ4n) is 3.04. The smallest absolute Gasteiger partial charge is 0.416 e. The molecule has 0 radical (unpaired) electrons. The van der Waals surface area contributed by atoms with Gasteiger partial charge in [0.15, 0.2) is 0 Å². The summed E-state index contributed by atoms with van der Waals surface area (Å²) in [4.78, 5) is 14.0. The quantitative estimate of drug-likeness (QED) is 0.498. The molecule has 1 aliphatic heterocycles. The third-order valence-corrected chi connectivity index (χ3v) is 4.30. The highest BCUT2D eigenvalue weighted by Gasteiger charge is 2.41. The SMILES string of the molecule is C[C@]1(Cn2cc(-c3ccc(C(F)(F)F)cc3)nn2)Cn2cc([N+](=O)[O-])nc2O1. The second kappa shape index (κ2) is 6.04. The fraction of sp³-hybridized carbons (Fsp3) is 0.312. The molecule has 1 aliphatic rings. The molecule has 2 aromatic heterocycles. The van der Waals surface area contributed by atoms with E-state index in [1.54, 1.807) is 17.7 Å². The molecule has 28 heavy (non-hydrogen) atoms. The van der Waals surface area contributed by atoms with Crippen molar-refractivity contribution in [1.29, 1.82) is 0 Å². The topological polar surface area (TPSA) is 101 Å². The summed E-state index contributed by atoms with van der Waals surface area (Å²) in [6.45, 7) is 2.41. The van der Waals surface area contributed by atoms with Gasteiger partial charge in [0.25, 0.3) is 0 Å². The monoisotopic (exact) mass is 394 g/mol. The lowest BCUT2D eigenvalue weighted by Crippen LogP contribution is -2.36. The van der Waals surface area contributed by atoms with E-state index in [-0.39, 0.29) is 18.4 Å². The molecule has 0 saturated heterocycles. The lowest BCUT2D eigenvalue weighted by atomic mass is 10.1. The van der Waals surface area contributed by atoms with Crippen molar-refractivity contribution in [3.63, 3.8) is 0 Å². The summed E-state index contributed by atoms with van der Waals surface area (Å²) in [5, 5.41) is 18.7. The van der Waals surface area contributed by atoms with Gasteiger partial charge in [-0.3, -0.25) is 4.57 Å². The van der Waals surface area contributed by atoms with Crippen molar-refractivity contribution in [3.05, 3.63) is 52.3 Å². The van der Waals surface area contributed by atoms with E-state index in [1.807, 2.05) is 0 Å². The molecule has 0 bridgehead atoms. The number of ether oxygens (including phenoxy) is 1. The van der Waals surface area contributed by atoms with Crippen molar-refractivity contribution in [2.45, 2.75) is 31.8 Å². The van der Waals surface area contributed by atoms with Gasteiger partial charge in [0.05, 0.1) is 24.8 Å². The van der Waals surface area contributed by atoms with Crippen LogP contribution in [-0.4, -0.2) is 35.1 Å². The Morgan fingerprint density at radius 2 is 2.00 bits per heavy atom. The maximum Gasteiger partial charge on any atom is 0.416 e. The van der Waals surface area contributed by atoms with Crippen molar-refractivity contribution in [2.24, 2.45) is 0 Å². The summed E-state index contributed by atoms with van der Waals surface area (Å²) < 4.78 is 46.8. The van der Waals surface area contributed by atoms with Crippen LogP contribution in [0.25, 0.3) is 11.3 Å². The number of aromatic nitrogens is 5. The molecule has 0 saturated carbocycles. The van der Waals surface area contributed by atoms with Crippen LogP contribution in [0, 0.1) is 10.1 Å². The molecule has 0 spiro atoms. The summed E-state index contributed by atoms with van der Waals surface area (Å²) >= 11 is 0. The van der Waals surface area contributed by atoms with Crippen molar-refractivity contribution in [3.8, 4) is 17.3 Å². The Kier molecular flexibility index (Phi) is 3.87. The van der Waals surface area contributed by atoms with Gasteiger partial charge < -0.3 is 14.9 Å². The van der Waals surface area contributed by atoms with Gasteiger partial charge in [-0.15, -0.1) is 5.10 Å². The van der Waals surface area contributed by atoms with Crippen molar-refractivity contribution in [2.75, 3.05) is 0 Å². The minimum atomic E-state index is -4.40. The van der Waals surface area contributed by atoms with Crippen molar-refractivity contribution < 1.29 is 22.8 Å². The fourth-order valence-corrected chi connectivity index (χ4v) is 3.04. The van der Waals surface area contributed by atoms with Gasteiger partial charge in [-0.1, -0.05) is 17.3 Å². The van der Waals surface area contributed by atoms with Crippen LogP contribution in [0.3, 0.4) is 0 Å². The van der Waals surface area contributed by atoms with Gasteiger partial charge in [0, 0.05) is 10.5 Å². The molecule has 9 nitrogen and oxygen atoms in total. The lowest BCUT2D eigenvalue weighted by Gasteiger charge is -2.21. The highest BCUT2D eigenvalue weighted by molar-refractivity contribution is 5.58. The molecule has 146 valence electrons. The molecular weight excluding hydrogens is 381 g/mol. The zero-order chi connectivity index (χ0) is 20.1. The Morgan fingerprint density at radius 1 is 1.29 bits per heavy atom. The standard InChI is InChI=1S/C16H13F3N6O3/c1-15(8-23-7-13(25(26)27)20-14(23)28-15)9-24-6-12(21-22-24)10-2-4-11(5-3-10)16(17,18)19/h2-7H,8-9H2,1H3/t15-/m1/s1. The van der Waals surface area contributed by atoms with E-state index < -0.39 is 22.3 Å². The van der Waals surface area contributed by atoms with Crippen LogP contribution in [0.5, 0.6) is 6.01 Å². The van der Waals surface area contributed by atoms with Crippen LogP contribution in [-0.2, 0) is 19.3 Å². The molecule has 0 unspecified atom stereocenters. The summed E-state index contributed by atoms with van der Waals surface area (Å²) in [6, 6.07) is 4.79. The number of nitrogens with zero attached hydrogens (tertiary/aromatic N) is 6. The molecule has 4 rings (SSSR count). The average Bonchev–Trinajstić information content (AvgIpc) is 3.28. The largest absolute Gasteiger partial charge is 0.436 e. The highest BCUT2D eigenvalue weighted by atomic mass is 19.4. The number of hydrogen-bond acceptors (Lipinski definition) is 6. The molecule has 3 aromatic rings. The van der Waals surface area contributed by atoms with Gasteiger partial charge in [-0.05, 0) is 24.0 Å². The Bertz CT molecular complexity index is 1020. The van der Waals surface area contributed by atoms with Gasteiger partial charge in [-0.2, -0.15) is 13.2 Å². The van der Waals surface area contributed by atoms with Gasteiger partial charge >= 0.3 is 18.0 Å². The number of hydrogen-bond donors (Lipinski definition) is 0. The average molecular weight is 394 g/mol. The van der Waals surface area contributed by atoms with E-state index in [9.17, 15) is 23.3 Å². The molecule has 0 N–H and O–H groups in total. The van der Waals surface area contributed by atoms with Gasteiger partial charge in [-0.25, -0.2) is 4.68 Å². The molecule has 0 fully saturated rings. The third-order valence-electron chi connectivity index (χ3n) is 4.30. The maximum absolute atomic E-state index is 12.7. The lowest BCUT2D eigenvalue weighted by molar-refractivity contribution is -0.389. The van der Waals surface area contributed by atoms with Crippen molar-refractivity contribution in [1.82, 2.24) is 24.5 Å². The van der Waals surface area contributed by atoms with Crippen LogP contribution in [0.2, 0.25) is 0 Å². The van der Waals surface area contributed by atoms with E-state index >= 15 is 0 Å². The van der Waals surface area contributed by atoms with E-state index in [4.69, 9.17) is 4.74 Å². The van der Waals surface area contributed by atoms with Crippen LogP contribution in [0.4, 0.5) is 19.0 Å². The van der Waals surface area contributed by atoms with E-state index in [0.717, 1.165) is 12.1 Å². The van der Waals surface area contributed by atoms with E-state index in [1.165, 1.54) is 23.0 Å². The maximum atomic E-state index is 12.7. The zero-order valence-electron chi connectivity index (χ0n) is 14.4. The van der Waals surface area contributed by atoms with Crippen molar-refractivity contribution >= 4 is 5.82 Å². The molecule has 1 aromatic carbocycles. The second-order valence-electron chi connectivity index (χ2n) is 6.70. The number of fused-ring (bicyclic) bond motifs is 1. The summed E-state index contributed by atoms with van der Waals surface area (Å²) in [5.74, 6) is -0.289. The van der Waals surface area contributed by atoms with Crippen LogP contribution in [0.1, 0.15) is 12.5 Å². The number of rotatable bonds is 4. The molecule has 1 atom stereocenters. The first-order valence-corrected chi connectivity index (χ1v) is 8.11. The Morgan fingerprint density at radius 3 is 2.61 bits per heavy atom. The molecular formula is C16H13F3N6O3. The molecule has 3 heterocycles. The summed E-state index contributed by atoms with van der Waals surface area (Å²) in [7, 11) is 0. The van der Waals surface area contributed by atoms with E-state index in [2.05, 4.69) is 15.3 Å². The van der Waals surface area contributed by atoms with Crippen LogP contribution < -0.4 is 4.74 Å². The molecule has 0 amide bonds. The number of nitro groups is 1. The summed E-state index contributed by atoms with van der Waals surface area (Å²) in [5.41, 5.74) is -0.564. The number of imidazole rings is 1. The number of benzene rings is 1. The minimum absolute atomic E-state index is 0.150. The van der Waals surface area contributed by atoms with Crippen LogP contribution in [0.15, 0.2) is 36.7 Å². The molecule has 12 heteroatoms. The Hall–Kier alpha value is -3.44. The second-order valence-corrected chi connectivity index (χ2v) is 6.70. The first-order valence-electron chi connectivity index (χ1n) is 8.11. The van der Waals surface area contributed by atoms with Crippen LogP contribution >= 0.6 is 0 Å². The highest BCUT2D eigenvalue weighted by Crippen LogP contribution is 2.33. The first-order chi connectivity index (χ1) is 13.1. The van der Waals surface area contributed by atoms with Gasteiger partial charge in [0.2, 0.25) is 0 Å². The molecule has 0 aliphatic carbocycles. The normalized spacial score (nSPS) is 18.7. The van der Waals surface area contributed by atoms with E-state index in [0.29, 0.717) is 17.8 Å². The number of alkyl halides is 3. The minimum Gasteiger partial charge on any atom is -0.436 e. The predicted molar refractivity (Wildman–Crippen MR) is 88.4 cm³/mol. The predicted octanol–water partition coefficient (Wildman–Crippen LogP) is 2.92. The first kappa shape index (κ1) is 17.9.